The Hall–Kier alpha value is -2.30. The van der Waals surface area contributed by atoms with E-state index in [1.165, 1.54) is 0 Å². The van der Waals surface area contributed by atoms with Crippen LogP contribution in [0.1, 0.15) is 36.8 Å². The minimum Gasteiger partial charge on any atom is -0.484 e. The number of nitrogens with two attached hydrogens (primary N) is 1. The third-order valence-corrected chi connectivity index (χ3v) is 3.56. The fourth-order valence-electron chi connectivity index (χ4n) is 2.16. The van der Waals surface area contributed by atoms with Crippen LogP contribution in [0.4, 0.5) is 0 Å². The SMILES string of the molecule is CN=C(NCc1cccc(OCC(N)=O)c1)NCc1cc(C(C)C)no1.I. The number of primary amides is 1. The molecule has 0 fully saturated rings. The number of ether oxygens (including phenoxy) is 1. The number of nitrogens with one attached hydrogen (secondary N) is 2. The summed E-state index contributed by atoms with van der Waals surface area (Å²) < 4.78 is 10.6. The van der Waals surface area contributed by atoms with Crippen LogP contribution in [0.25, 0.3) is 0 Å². The Morgan fingerprint density at radius 1 is 1.30 bits per heavy atom. The van der Waals surface area contributed by atoms with Crippen molar-refractivity contribution >= 4 is 35.8 Å². The van der Waals surface area contributed by atoms with Crippen LogP contribution < -0.4 is 21.1 Å². The zero-order valence-corrected chi connectivity index (χ0v) is 18.0. The summed E-state index contributed by atoms with van der Waals surface area (Å²) in [5.41, 5.74) is 6.99. The molecular formula is C18H26IN5O3. The van der Waals surface area contributed by atoms with Crippen LogP contribution in [0.2, 0.25) is 0 Å². The highest BCUT2D eigenvalue weighted by Crippen LogP contribution is 2.14. The number of carbonyl (C=O) groups is 1. The molecule has 4 N–H and O–H groups in total. The predicted molar refractivity (Wildman–Crippen MR) is 114 cm³/mol. The van der Waals surface area contributed by atoms with Gasteiger partial charge in [0.2, 0.25) is 0 Å². The molecule has 0 aliphatic rings. The molecule has 1 aromatic heterocycles. The molecule has 0 atom stereocenters. The fraction of sp³-hybridized carbons (Fsp3) is 0.389. The summed E-state index contributed by atoms with van der Waals surface area (Å²) in [6.07, 6.45) is 0. The van der Waals surface area contributed by atoms with Gasteiger partial charge >= 0.3 is 0 Å². The lowest BCUT2D eigenvalue weighted by Gasteiger charge is -2.11. The normalized spacial score (nSPS) is 11.0. The lowest BCUT2D eigenvalue weighted by atomic mass is 10.1. The monoisotopic (exact) mass is 487 g/mol. The molecule has 0 unspecified atom stereocenters. The first-order chi connectivity index (χ1) is 12.5. The van der Waals surface area contributed by atoms with E-state index in [-0.39, 0.29) is 30.6 Å². The van der Waals surface area contributed by atoms with E-state index in [0.29, 0.717) is 30.7 Å². The second kappa shape index (κ2) is 11.4. The average molecular weight is 487 g/mol. The highest BCUT2D eigenvalue weighted by atomic mass is 127. The van der Waals surface area contributed by atoms with E-state index in [1.807, 2.05) is 24.3 Å². The lowest BCUT2D eigenvalue weighted by Crippen LogP contribution is -2.36. The van der Waals surface area contributed by atoms with Crippen molar-refractivity contribution in [2.24, 2.45) is 10.7 Å². The third kappa shape index (κ3) is 7.85. The van der Waals surface area contributed by atoms with Gasteiger partial charge in [0.25, 0.3) is 5.91 Å². The molecule has 0 saturated heterocycles. The van der Waals surface area contributed by atoms with Crippen LogP contribution >= 0.6 is 24.0 Å². The summed E-state index contributed by atoms with van der Waals surface area (Å²) in [5.74, 6) is 1.79. The number of hydrogen-bond acceptors (Lipinski definition) is 5. The van der Waals surface area contributed by atoms with E-state index in [4.69, 9.17) is 15.0 Å². The minimum absolute atomic E-state index is 0. The molecule has 9 heteroatoms. The van der Waals surface area contributed by atoms with E-state index in [0.717, 1.165) is 17.0 Å². The Morgan fingerprint density at radius 3 is 2.67 bits per heavy atom. The Labute approximate surface area is 175 Å². The number of aliphatic imine (C=N–C) groups is 1. The first-order valence-electron chi connectivity index (χ1n) is 8.38. The minimum atomic E-state index is -0.508. The standard InChI is InChI=1S/C18H25N5O3.HI/c1-12(2)16-8-15(26-23-16)10-22-18(20-3)21-9-13-5-4-6-14(7-13)25-11-17(19)24;/h4-8,12H,9-11H2,1-3H3,(H2,19,24)(H2,20,21,22);1H. The number of nitrogens with zero attached hydrogens (tertiary/aromatic N) is 2. The molecular weight excluding hydrogens is 461 g/mol. The maximum Gasteiger partial charge on any atom is 0.255 e. The molecule has 1 aromatic carbocycles. The van der Waals surface area contributed by atoms with Gasteiger partial charge in [-0.05, 0) is 23.6 Å². The molecule has 0 radical (unpaired) electrons. The number of rotatable bonds is 8. The van der Waals surface area contributed by atoms with Crippen molar-refractivity contribution in [1.29, 1.82) is 0 Å². The molecule has 0 saturated carbocycles. The highest BCUT2D eigenvalue weighted by Gasteiger charge is 2.08. The Kier molecular flexibility index (Phi) is 9.62. The number of guanidine groups is 1. The number of carbonyl (C=O) groups excluding carboxylic acids is 1. The molecule has 0 aliphatic carbocycles. The molecule has 1 amide bonds. The predicted octanol–water partition coefficient (Wildman–Crippen LogP) is 2.15. The van der Waals surface area contributed by atoms with Crippen molar-refractivity contribution in [2.75, 3.05) is 13.7 Å². The topological polar surface area (TPSA) is 115 Å². The quantitative estimate of drug-likeness (QED) is 0.299. The summed E-state index contributed by atoms with van der Waals surface area (Å²) in [5, 5.41) is 10.4. The van der Waals surface area contributed by atoms with Crippen molar-refractivity contribution in [3.05, 3.63) is 47.3 Å². The maximum absolute atomic E-state index is 10.8. The molecule has 8 nitrogen and oxygen atoms in total. The van der Waals surface area contributed by atoms with Crippen LogP contribution in [0.5, 0.6) is 5.75 Å². The Bertz CT molecular complexity index is 761. The van der Waals surface area contributed by atoms with Gasteiger partial charge in [0.05, 0.1) is 12.2 Å². The van der Waals surface area contributed by atoms with Gasteiger partial charge in [-0.2, -0.15) is 0 Å². The molecule has 2 rings (SSSR count). The van der Waals surface area contributed by atoms with Gasteiger partial charge in [0, 0.05) is 19.7 Å². The fourth-order valence-corrected chi connectivity index (χ4v) is 2.16. The maximum atomic E-state index is 10.8. The Morgan fingerprint density at radius 2 is 2.04 bits per heavy atom. The van der Waals surface area contributed by atoms with E-state index < -0.39 is 5.91 Å². The molecule has 0 spiro atoms. The number of aromatic nitrogens is 1. The largest absolute Gasteiger partial charge is 0.484 e. The van der Waals surface area contributed by atoms with Gasteiger partial charge in [-0.25, -0.2) is 0 Å². The van der Waals surface area contributed by atoms with Gasteiger partial charge in [0.1, 0.15) is 5.75 Å². The zero-order valence-electron chi connectivity index (χ0n) is 15.7. The van der Waals surface area contributed by atoms with Crippen LogP contribution in [0.3, 0.4) is 0 Å². The van der Waals surface area contributed by atoms with Crippen molar-refractivity contribution < 1.29 is 14.1 Å². The second-order valence-electron chi connectivity index (χ2n) is 6.05. The van der Waals surface area contributed by atoms with Gasteiger partial charge in [-0.1, -0.05) is 31.1 Å². The van der Waals surface area contributed by atoms with Gasteiger partial charge in [0.15, 0.2) is 18.3 Å². The summed E-state index contributed by atoms with van der Waals surface area (Å²) in [7, 11) is 1.70. The molecule has 148 valence electrons. The Balaban J connectivity index is 0.00000364. The van der Waals surface area contributed by atoms with Gasteiger partial charge in [-0.3, -0.25) is 9.79 Å². The van der Waals surface area contributed by atoms with Crippen molar-refractivity contribution in [1.82, 2.24) is 15.8 Å². The number of amides is 1. The number of halogens is 1. The summed E-state index contributed by atoms with van der Waals surface area (Å²) in [6.45, 7) is 5.02. The van der Waals surface area contributed by atoms with Crippen LogP contribution in [-0.4, -0.2) is 30.7 Å². The van der Waals surface area contributed by atoms with Crippen LogP contribution in [0.15, 0.2) is 39.8 Å². The molecule has 0 aliphatic heterocycles. The summed E-state index contributed by atoms with van der Waals surface area (Å²) in [4.78, 5) is 15.0. The smallest absolute Gasteiger partial charge is 0.255 e. The number of hydrogen-bond donors (Lipinski definition) is 3. The molecule has 1 heterocycles. The average Bonchev–Trinajstić information content (AvgIpc) is 3.10. The summed E-state index contributed by atoms with van der Waals surface area (Å²) in [6, 6.07) is 9.35. The zero-order chi connectivity index (χ0) is 18.9. The molecule has 2 aromatic rings. The second-order valence-corrected chi connectivity index (χ2v) is 6.05. The molecule has 0 bridgehead atoms. The van der Waals surface area contributed by atoms with Crippen molar-refractivity contribution in [3.63, 3.8) is 0 Å². The third-order valence-electron chi connectivity index (χ3n) is 3.56. The van der Waals surface area contributed by atoms with Gasteiger partial charge < -0.3 is 25.6 Å². The van der Waals surface area contributed by atoms with Crippen molar-refractivity contribution in [2.45, 2.75) is 32.9 Å². The number of benzene rings is 1. The van der Waals surface area contributed by atoms with Crippen LogP contribution in [-0.2, 0) is 17.9 Å². The van der Waals surface area contributed by atoms with Gasteiger partial charge in [-0.15, -0.1) is 24.0 Å². The van der Waals surface area contributed by atoms with E-state index in [9.17, 15) is 4.79 Å². The van der Waals surface area contributed by atoms with Crippen LogP contribution in [0, 0.1) is 0 Å². The highest BCUT2D eigenvalue weighted by molar-refractivity contribution is 14.0. The van der Waals surface area contributed by atoms with E-state index in [1.54, 1.807) is 13.1 Å². The van der Waals surface area contributed by atoms with E-state index in [2.05, 4.69) is 34.6 Å². The lowest BCUT2D eigenvalue weighted by molar-refractivity contribution is -0.119. The molecule has 27 heavy (non-hydrogen) atoms. The van der Waals surface area contributed by atoms with Crippen molar-refractivity contribution in [3.8, 4) is 5.75 Å². The van der Waals surface area contributed by atoms with E-state index >= 15 is 0 Å². The first kappa shape index (κ1) is 22.7. The first-order valence-corrected chi connectivity index (χ1v) is 8.38. The summed E-state index contributed by atoms with van der Waals surface area (Å²) >= 11 is 0.